The summed E-state index contributed by atoms with van der Waals surface area (Å²) in [5.41, 5.74) is -0.0505. The number of carbonyl (C=O) groups excluding carboxylic acids is 1. The summed E-state index contributed by atoms with van der Waals surface area (Å²) in [4.78, 5) is 10.8. The molecule has 0 fully saturated rings. The van der Waals surface area contributed by atoms with Crippen LogP contribution < -0.4 is 0 Å². The summed E-state index contributed by atoms with van der Waals surface area (Å²) >= 11 is 0. The highest BCUT2D eigenvalue weighted by atomic mass is 16.5. The highest BCUT2D eigenvalue weighted by molar-refractivity contribution is 6.57. The number of hydrogen-bond acceptors (Lipinski definition) is 2. The van der Waals surface area contributed by atoms with Gasteiger partial charge in [0.05, 0.1) is 11.3 Å². The van der Waals surface area contributed by atoms with Crippen LogP contribution >= 0.6 is 0 Å². The molecule has 0 unspecified atom stereocenters. The summed E-state index contributed by atoms with van der Waals surface area (Å²) in [5.74, 6) is 0. The largest absolute Gasteiger partial charge is 0.376 e. The molecule has 0 aromatic carbocycles. The molecule has 3 heteroatoms. The zero-order chi connectivity index (χ0) is 14.6. The van der Waals surface area contributed by atoms with E-state index < -0.39 is 0 Å². The predicted octanol–water partition coefficient (Wildman–Crippen LogP) is 3.72. The van der Waals surface area contributed by atoms with E-state index in [-0.39, 0.29) is 22.1 Å². The zero-order valence-electron chi connectivity index (χ0n) is 13.2. The van der Waals surface area contributed by atoms with Gasteiger partial charge in [0, 0.05) is 6.61 Å². The van der Waals surface area contributed by atoms with E-state index in [0.717, 1.165) is 13.0 Å². The van der Waals surface area contributed by atoms with Crippen molar-refractivity contribution in [1.82, 2.24) is 0 Å². The lowest BCUT2D eigenvalue weighted by atomic mass is 9.67. The van der Waals surface area contributed by atoms with E-state index in [4.69, 9.17) is 12.6 Å². The van der Waals surface area contributed by atoms with E-state index in [1.165, 1.54) is 0 Å². The van der Waals surface area contributed by atoms with Gasteiger partial charge >= 0.3 is 0 Å². The molecular formula is C15H29BO2. The van der Waals surface area contributed by atoms with Gasteiger partial charge in [-0.05, 0) is 43.9 Å². The summed E-state index contributed by atoms with van der Waals surface area (Å²) in [5, 5.41) is 0. The summed E-state index contributed by atoms with van der Waals surface area (Å²) in [6, 6.07) is 0. The Hall–Kier alpha value is -0.305. The summed E-state index contributed by atoms with van der Waals surface area (Å²) in [7, 11) is 5.16. The zero-order valence-corrected chi connectivity index (χ0v) is 13.2. The van der Waals surface area contributed by atoms with Gasteiger partial charge in [0.15, 0.2) is 7.85 Å². The summed E-state index contributed by atoms with van der Waals surface area (Å²) < 4.78 is 5.90. The molecule has 0 N–H and O–H groups in total. The van der Waals surface area contributed by atoms with Crippen LogP contribution in [0.15, 0.2) is 0 Å². The number of carbonyl (C=O) groups is 1. The van der Waals surface area contributed by atoms with E-state index >= 15 is 0 Å². The first-order chi connectivity index (χ1) is 7.87. The van der Waals surface area contributed by atoms with Crippen molar-refractivity contribution in [1.29, 1.82) is 0 Å². The molecule has 2 radical (unpaired) electrons. The fraction of sp³-hybridized carbons (Fsp3) is 0.933. The molecular weight excluding hydrogens is 223 g/mol. The third-order valence-corrected chi connectivity index (χ3v) is 4.22. The van der Waals surface area contributed by atoms with Crippen molar-refractivity contribution >= 4 is 13.5 Å². The van der Waals surface area contributed by atoms with Crippen LogP contribution in [0, 0.1) is 10.8 Å². The van der Waals surface area contributed by atoms with Gasteiger partial charge in [0.2, 0.25) is 0 Å². The van der Waals surface area contributed by atoms with Crippen LogP contribution in [-0.4, -0.2) is 25.7 Å². The Bertz CT molecular complexity index is 275. The van der Waals surface area contributed by atoms with Crippen molar-refractivity contribution in [3.05, 3.63) is 0 Å². The van der Waals surface area contributed by atoms with Crippen LogP contribution in [0.1, 0.15) is 67.7 Å². The quantitative estimate of drug-likeness (QED) is 0.645. The van der Waals surface area contributed by atoms with Gasteiger partial charge in [-0.1, -0.05) is 34.6 Å². The molecule has 0 aromatic rings. The lowest BCUT2D eigenvalue weighted by molar-refractivity contribution is -0.113. The number of ether oxygens (including phenoxy) is 1. The molecule has 0 aliphatic carbocycles. The topological polar surface area (TPSA) is 26.3 Å². The van der Waals surface area contributed by atoms with Gasteiger partial charge in [-0.3, -0.25) is 0 Å². The Labute approximate surface area is 114 Å². The maximum Gasteiger partial charge on any atom is 0.167 e. The van der Waals surface area contributed by atoms with Gasteiger partial charge in [-0.15, -0.1) is 0 Å². The fourth-order valence-electron chi connectivity index (χ4n) is 1.45. The van der Waals surface area contributed by atoms with Crippen molar-refractivity contribution in [2.24, 2.45) is 10.8 Å². The SMILES string of the molecule is [B]C(=O)CCC(C)(C)OCCC(C)(C)C(C)(C)C. The fourth-order valence-corrected chi connectivity index (χ4v) is 1.45. The van der Waals surface area contributed by atoms with Crippen LogP contribution in [-0.2, 0) is 9.53 Å². The molecule has 0 aliphatic heterocycles. The molecule has 0 atom stereocenters. The van der Waals surface area contributed by atoms with Gasteiger partial charge in [0.1, 0.15) is 0 Å². The minimum absolute atomic E-state index is 0.229. The molecule has 0 heterocycles. The van der Waals surface area contributed by atoms with Crippen LogP contribution in [0.5, 0.6) is 0 Å². The minimum Gasteiger partial charge on any atom is -0.376 e. The molecule has 2 nitrogen and oxygen atoms in total. The lowest BCUT2D eigenvalue weighted by Gasteiger charge is -2.39. The normalized spacial score (nSPS) is 13.7. The smallest absolute Gasteiger partial charge is 0.167 e. The van der Waals surface area contributed by atoms with Crippen LogP contribution in [0.2, 0.25) is 0 Å². The van der Waals surface area contributed by atoms with E-state index in [1.807, 2.05) is 13.8 Å². The van der Waals surface area contributed by atoms with Crippen LogP contribution in [0.25, 0.3) is 0 Å². The first-order valence-electron chi connectivity index (χ1n) is 6.80. The second kappa shape index (κ2) is 6.23. The van der Waals surface area contributed by atoms with Crippen molar-refractivity contribution in [3.63, 3.8) is 0 Å². The molecule has 0 spiro atoms. The first-order valence-corrected chi connectivity index (χ1v) is 6.80. The van der Waals surface area contributed by atoms with E-state index in [2.05, 4.69) is 34.6 Å². The molecule has 0 rings (SSSR count). The van der Waals surface area contributed by atoms with Crippen LogP contribution in [0.3, 0.4) is 0 Å². The van der Waals surface area contributed by atoms with Gasteiger partial charge in [-0.25, -0.2) is 0 Å². The minimum atomic E-state index is -0.275. The second-order valence-electron chi connectivity index (χ2n) is 7.46. The van der Waals surface area contributed by atoms with E-state index in [0.29, 0.717) is 12.8 Å². The lowest BCUT2D eigenvalue weighted by Crippen LogP contribution is -2.33. The molecule has 0 aliphatic rings. The van der Waals surface area contributed by atoms with Crippen LogP contribution in [0.4, 0.5) is 0 Å². The Morgan fingerprint density at radius 2 is 1.50 bits per heavy atom. The first kappa shape index (κ1) is 17.7. The highest BCUT2D eigenvalue weighted by Crippen LogP contribution is 2.40. The Morgan fingerprint density at radius 3 is 1.89 bits per heavy atom. The van der Waals surface area contributed by atoms with Crippen molar-refractivity contribution in [3.8, 4) is 0 Å². The van der Waals surface area contributed by atoms with Gasteiger partial charge in [0.25, 0.3) is 0 Å². The molecule has 18 heavy (non-hydrogen) atoms. The average molecular weight is 252 g/mol. The third-order valence-electron chi connectivity index (χ3n) is 4.22. The second-order valence-corrected chi connectivity index (χ2v) is 7.46. The molecule has 0 aromatic heterocycles. The van der Waals surface area contributed by atoms with E-state index in [9.17, 15) is 4.79 Å². The number of rotatable bonds is 7. The Balaban J connectivity index is 4.14. The molecule has 0 saturated heterocycles. The monoisotopic (exact) mass is 252 g/mol. The predicted molar refractivity (Wildman–Crippen MR) is 77.9 cm³/mol. The van der Waals surface area contributed by atoms with Crippen molar-refractivity contribution in [2.75, 3.05) is 6.61 Å². The van der Waals surface area contributed by atoms with Crippen molar-refractivity contribution in [2.45, 2.75) is 73.3 Å². The van der Waals surface area contributed by atoms with E-state index in [1.54, 1.807) is 0 Å². The van der Waals surface area contributed by atoms with Gasteiger partial charge in [-0.2, -0.15) is 0 Å². The molecule has 0 saturated carbocycles. The Morgan fingerprint density at radius 1 is 1.00 bits per heavy atom. The maximum atomic E-state index is 10.8. The molecule has 0 amide bonds. The van der Waals surface area contributed by atoms with Gasteiger partial charge < -0.3 is 9.53 Å². The third kappa shape index (κ3) is 6.58. The summed E-state index contributed by atoms with van der Waals surface area (Å²) in [6.45, 7) is 16.1. The average Bonchev–Trinajstić information content (AvgIpc) is 2.12. The highest BCUT2D eigenvalue weighted by Gasteiger charge is 2.32. The summed E-state index contributed by atoms with van der Waals surface area (Å²) in [6.07, 6.45) is 2.07. The molecule has 0 bridgehead atoms. The number of hydrogen-bond donors (Lipinski definition) is 0. The molecule has 104 valence electrons. The standard InChI is InChI=1S/C15H29BO2/c1-13(2,3)14(4,5)10-11-18-15(6,7)9-8-12(16)17/h8-11H2,1-7H3. The maximum absolute atomic E-state index is 10.8. The van der Waals surface area contributed by atoms with Crippen molar-refractivity contribution < 1.29 is 9.53 Å². The Kier molecular flexibility index (Phi) is 6.12.